The van der Waals surface area contributed by atoms with Crippen molar-refractivity contribution in [1.29, 1.82) is 0 Å². The van der Waals surface area contributed by atoms with Crippen LogP contribution >= 0.6 is 0 Å². The predicted octanol–water partition coefficient (Wildman–Crippen LogP) is 3.40. The van der Waals surface area contributed by atoms with E-state index in [9.17, 15) is 9.18 Å². The maximum absolute atomic E-state index is 12.9. The Morgan fingerprint density at radius 1 is 1.08 bits per heavy atom. The molecule has 0 fully saturated rings. The van der Waals surface area contributed by atoms with Crippen LogP contribution in [0.3, 0.4) is 0 Å². The van der Waals surface area contributed by atoms with E-state index < -0.39 is 0 Å². The normalized spacial score (nSPS) is 12.2. The van der Waals surface area contributed by atoms with Crippen LogP contribution in [0.5, 0.6) is 0 Å². The van der Waals surface area contributed by atoms with E-state index in [2.05, 4.69) is 29.3 Å². The van der Waals surface area contributed by atoms with E-state index in [0.717, 1.165) is 18.7 Å². The van der Waals surface area contributed by atoms with Gasteiger partial charge in [0.25, 0.3) is 0 Å². The van der Waals surface area contributed by atoms with Crippen LogP contribution < -0.4 is 5.32 Å². The molecule has 0 aliphatic rings. The Balaban J connectivity index is 1.82. The Morgan fingerprint density at radius 3 is 2.38 bits per heavy atom. The molecule has 1 N–H and O–H groups in total. The fraction of sp³-hybridized carbons (Fsp3) is 0.350. The first kappa shape index (κ1) is 18.1. The summed E-state index contributed by atoms with van der Waals surface area (Å²) in [6.45, 7) is 6.11. The fourth-order valence-corrected chi connectivity index (χ4v) is 2.64. The number of hydrogen-bond acceptors (Lipinski definition) is 2. The third-order valence-electron chi connectivity index (χ3n) is 4.19. The molecule has 2 aromatic carbocycles. The van der Waals surface area contributed by atoms with Crippen molar-refractivity contribution in [2.75, 3.05) is 13.1 Å². The monoisotopic (exact) mass is 328 g/mol. The van der Waals surface area contributed by atoms with Crippen molar-refractivity contribution >= 4 is 5.91 Å². The molecule has 0 spiro atoms. The Kier molecular flexibility index (Phi) is 6.94. The molecular weight excluding hydrogens is 303 g/mol. The van der Waals surface area contributed by atoms with Gasteiger partial charge in [0, 0.05) is 13.1 Å². The van der Waals surface area contributed by atoms with Crippen LogP contribution in [0.15, 0.2) is 54.6 Å². The van der Waals surface area contributed by atoms with E-state index in [0.29, 0.717) is 13.0 Å². The lowest BCUT2D eigenvalue weighted by Crippen LogP contribution is -2.45. The number of halogens is 1. The summed E-state index contributed by atoms with van der Waals surface area (Å²) in [7, 11) is 0. The van der Waals surface area contributed by atoms with Gasteiger partial charge < -0.3 is 5.32 Å². The summed E-state index contributed by atoms with van der Waals surface area (Å²) in [5, 5.41) is 2.97. The van der Waals surface area contributed by atoms with Gasteiger partial charge in [-0.3, -0.25) is 9.69 Å². The quantitative estimate of drug-likeness (QED) is 0.805. The number of nitrogens with zero attached hydrogens (tertiary/aromatic N) is 1. The van der Waals surface area contributed by atoms with Gasteiger partial charge in [-0.2, -0.15) is 0 Å². The number of rotatable bonds is 8. The van der Waals surface area contributed by atoms with E-state index in [1.807, 2.05) is 25.1 Å². The molecule has 0 aliphatic carbocycles. The van der Waals surface area contributed by atoms with Crippen LogP contribution in [-0.4, -0.2) is 29.9 Å². The van der Waals surface area contributed by atoms with Gasteiger partial charge >= 0.3 is 0 Å². The number of hydrogen-bond donors (Lipinski definition) is 1. The number of benzene rings is 2. The summed E-state index contributed by atoms with van der Waals surface area (Å²) < 4.78 is 12.9. The molecule has 0 saturated heterocycles. The highest BCUT2D eigenvalue weighted by atomic mass is 19.1. The molecule has 0 aromatic heterocycles. The maximum atomic E-state index is 12.9. The third-order valence-corrected chi connectivity index (χ3v) is 4.19. The van der Waals surface area contributed by atoms with Gasteiger partial charge in [0.15, 0.2) is 0 Å². The lowest BCUT2D eigenvalue weighted by Gasteiger charge is -2.27. The summed E-state index contributed by atoms with van der Waals surface area (Å²) in [5.41, 5.74) is 2.21. The molecule has 0 aliphatic heterocycles. The molecule has 128 valence electrons. The molecular formula is C20H25FN2O. The van der Waals surface area contributed by atoms with Gasteiger partial charge in [-0.1, -0.05) is 49.4 Å². The van der Waals surface area contributed by atoms with E-state index in [4.69, 9.17) is 0 Å². The predicted molar refractivity (Wildman–Crippen MR) is 95.1 cm³/mol. The molecule has 1 amide bonds. The minimum atomic E-state index is -0.240. The number of nitrogens with one attached hydrogen (secondary N) is 1. The number of likely N-dealkylation sites (N-methyl/N-ethyl adjacent to an activating group) is 1. The highest BCUT2D eigenvalue weighted by Crippen LogP contribution is 2.08. The standard InChI is InChI=1S/C20H25FN2O/c1-3-23(15-18-7-5-4-6-8-18)16(2)20(24)22-14-13-17-9-11-19(21)12-10-17/h4-12,16H,3,13-15H2,1-2H3,(H,22,24). The van der Waals surface area contributed by atoms with E-state index in [1.165, 1.54) is 17.7 Å². The number of carbonyl (C=O) groups excluding carboxylic acids is 1. The van der Waals surface area contributed by atoms with Gasteiger partial charge in [-0.15, -0.1) is 0 Å². The van der Waals surface area contributed by atoms with Gasteiger partial charge in [0.05, 0.1) is 6.04 Å². The zero-order valence-corrected chi connectivity index (χ0v) is 14.3. The fourth-order valence-electron chi connectivity index (χ4n) is 2.64. The molecule has 1 unspecified atom stereocenters. The lowest BCUT2D eigenvalue weighted by atomic mass is 10.1. The second kappa shape index (κ2) is 9.18. The minimum Gasteiger partial charge on any atom is -0.354 e. The Labute approximate surface area is 143 Å². The third kappa shape index (κ3) is 5.46. The van der Waals surface area contributed by atoms with Crippen molar-refractivity contribution in [2.24, 2.45) is 0 Å². The highest BCUT2D eigenvalue weighted by Gasteiger charge is 2.19. The summed E-state index contributed by atoms with van der Waals surface area (Å²) in [5.74, 6) is -0.217. The molecule has 4 heteroatoms. The van der Waals surface area contributed by atoms with Crippen LogP contribution in [0.4, 0.5) is 4.39 Å². The largest absolute Gasteiger partial charge is 0.354 e. The van der Waals surface area contributed by atoms with Gasteiger partial charge in [-0.25, -0.2) is 4.39 Å². The Hall–Kier alpha value is -2.20. The Morgan fingerprint density at radius 2 is 1.75 bits per heavy atom. The first-order valence-corrected chi connectivity index (χ1v) is 8.40. The van der Waals surface area contributed by atoms with Crippen LogP contribution in [-0.2, 0) is 17.8 Å². The molecule has 1 atom stereocenters. The van der Waals surface area contributed by atoms with Crippen LogP contribution in [0.1, 0.15) is 25.0 Å². The van der Waals surface area contributed by atoms with E-state index >= 15 is 0 Å². The van der Waals surface area contributed by atoms with Crippen molar-refractivity contribution in [3.05, 3.63) is 71.5 Å². The van der Waals surface area contributed by atoms with Gasteiger partial charge in [0.1, 0.15) is 5.82 Å². The molecule has 2 rings (SSSR count). The minimum absolute atomic E-state index is 0.0230. The second-order valence-corrected chi connectivity index (χ2v) is 5.89. The lowest BCUT2D eigenvalue weighted by molar-refractivity contribution is -0.126. The van der Waals surface area contributed by atoms with Crippen LogP contribution in [0.2, 0.25) is 0 Å². The van der Waals surface area contributed by atoms with Gasteiger partial charge in [-0.05, 0) is 43.1 Å². The molecule has 3 nitrogen and oxygen atoms in total. The van der Waals surface area contributed by atoms with Crippen molar-refractivity contribution in [1.82, 2.24) is 10.2 Å². The number of carbonyl (C=O) groups is 1. The average Bonchev–Trinajstić information content (AvgIpc) is 2.61. The van der Waals surface area contributed by atoms with Gasteiger partial charge in [0.2, 0.25) is 5.91 Å². The molecule has 0 bridgehead atoms. The topological polar surface area (TPSA) is 32.3 Å². The summed E-state index contributed by atoms with van der Waals surface area (Å²) in [6.07, 6.45) is 0.698. The molecule has 0 saturated carbocycles. The smallest absolute Gasteiger partial charge is 0.237 e. The first-order chi connectivity index (χ1) is 11.6. The molecule has 0 heterocycles. The van der Waals surface area contributed by atoms with E-state index in [1.54, 1.807) is 12.1 Å². The SMILES string of the molecule is CCN(Cc1ccccc1)C(C)C(=O)NCCc1ccc(F)cc1. The molecule has 0 radical (unpaired) electrons. The van der Waals surface area contributed by atoms with Crippen LogP contribution in [0, 0.1) is 5.82 Å². The molecule has 2 aromatic rings. The highest BCUT2D eigenvalue weighted by molar-refractivity contribution is 5.81. The van der Waals surface area contributed by atoms with Crippen molar-refractivity contribution in [2.45, 2.75) is 32.9 Å². The summed E-state index contributed by atoms with van der Waals surface area (Å²) >= 11 is 0. The van der Waals surface area contributed by atoms with Crippen molar-refractivity contribution in [3.8, 4) is 0 Å². The second-order valence-electron chi connectivity index (χ2n) is 5.89. The summed E-state index contributed by atoms with van der Waals surface area (Å²) in [6, 6.07) is 16.3. The van der Waals surface area contributed by atoms with Crippen LogP contribution in [0.25, 0.3) is 0 Å². The van der Waals surface area contributed by atoms with Crippen molar-refractivity contribution in [3.63, 3.8) is 0 Å². The first-order valence-electron chi connectivity index (χ1n) is 8.40. The Bertz CT molecular complexity index is 628. The maximum Gasteiger partial charge on any atom is 0.237 e. The average molecular weight is 328 g/mol. The number of amides is 1. The summed E-state index contributed by atoms with van der Waals surface area (Å²) in [4.78, 5) is 14.5. The molecule has 24 heavy (non-hydrogen) atoms. The van der Waals surface area contributed by atoms with E-state index in [-0.39, 0.29) is 17.8 Å². The zero-order chi connectivity index (χ0) is 17.4. The van der Waals surface area contributed by atoms with Crippen molar-refractivity contribution < 1.29 is 9.18 Å². The zero-order valence-electron chi connectivity index (χ0n) is 14.3.